The molecule has 0 atom stereocenters. The highest BCUT2D eigenvalue weighted by atomic mass is 35.5. The maximum Gasteiger partial charge on any atom is 0.418 e. The Morgan fingerprint density at radius 3 is 2.53 bits per heavy atom. The third-order valence-corrected chi connectivity index (χ3v) is 7.52. The van der Waals surface area contributed by atoms with Gasteiger partial charge in [0.1, 0.15) is 10.6 Å². The van der Waals surface area contributed by atoms with Crippen molar-refractivity contribution in [3.63, 3.8) is 0 Å². The molecular formula is C22H12ClF3N2O2S2. The van der Waals surface area contributed by atoms with Crippen LogP contribution in [0.15, 0.2) is 65.3 Å². The van der Waals surface area contributed by atoms with Crippen LogP contribution in [0, 0.1) is 0 Å². The predicted octanol–water partition coefficient (Wildman–Crippen LogP) is 7.62. The molecule has 3 aromatic heterocycles. The van der Waals surface area contributed by atoms with Crippen molar-refractivity contribution in [1.29, 1.82) is 0 Å². The van der Waals surface area contributed by atoms with E-state index in [1.807, 2.05) is 24.3 Å². The maximum atomic E-state index is 13.6. The number of para-hydroxylation sites is 1. The van der Waals surface area contributed by atoms with Gasteiger partial charge in [-0.2, -0.15) is 13.2 Å². The second-order valence-corrected chi connectivity index (χ2v) is 9.30. The number of hydrogen-bond donors (Lipinski definition) is 0. The highest BCUT2D eigenvalue weighted by Gasteiger charge is 2.35. The molecule has 162 valence electrons. The van der Waals surface area contributed by atoms with E-state index in [-0.39, 0.29) is 22.1 Å². The summed E-state index contributed by atoms with van der Waals surface area (Å²) in [6.07, 6.45) is -3.10. The highest BCUT2D eigenvalue weighted by molar-refractivity contribution is 7.23. The monoisotopic (exact) mass is 492 g/mol. The SMILES string of the molecule is O=C(c1sc2ccccc2c1Cl)N(Cc1ccco1)c1nc2c(C(F)(F)F)cccc2s1. The average molecular weight is 493 g/mol. The summed E-state index contributed by atoms with van der Waals surface area (Å²) >= 11 is 8.74. The molecule has 5 rings (SSSR count). The summed E-state index contributed by atoms with van der Waals surface area (Å²) in [5.41, 5.74) is -1.04. The third kappa shape index (κ3) is 3.66. The molecule has 32 heavy (non-hydrogen) atoms. The summed E-state index contributed by atoms with van der Waals surface area (Å²) in [7, 11) is 0. The maximum absolute atomic E-state index is 13.6. The molecule has 0 unspecified atom stereocenters. The molecule has 1 amide bonds. The number of thiophene rings is 1. The van der Waals surface area contributed by atoms with Crippen molar-refractivity contribution in [3.8, 4) is 0 Å². The number of furan rings is 1. The van der Waals surface area contributed by atoms with E-state index < -0.39 is 17.6 Å². The molecule has 3 heterocycles. The average Bonchev–Trinajstić information content (AvgIpc) is 3.49. The predicted molar refractivity (Wildman–Crippen MR) is 121 cm³/mol. The minimum atomic E-state index is -4.56. The van der Waals surface area contributed by atoms with Gasteiger partial charge < -0.3 is 4.42 Å². The molecule has 0 aliphatic heterocycles. The molecule has 5 aromatic rings. The van der Waals surface area contributed by atoms with Gasteiger partial charge in [0.05, 0.1) is 33.6 Å². The second kappa shape index (κ2) is 7.91. The lowest BCUT2D eigenvalue weighted by Crippen LogP contribution is -2.29. The van der Waals surface area contributed by atoms with E-state index in [2.05, 4.69) is 4.98 Å². The smallest absolute Gasteiger partial charge is 0.418 e. The van der Waals surface area contributed by atoms with E-state index in [0.717, 1.165) is 27.5 Å². The molecule has 0 radical (unpaired) electrons. The number of fused-ring (bicyclic) bond motifs is 2. The normalized spacial score (nSPS) is 12.0. The Morgan fingerprint density at radius 1 is 1.03 bits per heavy atom. The molecule has 0 spiro atoms. The first-order chi connectivity index (χ1) is 15.3. The van der Waals surface area contributed by atoms with Crippen LogP contribution in [0.3, 0.4) is 0 Å². The van der Waals surface area contributed by atoms with Crippen LogP contribution in [0.5, 0.6) is 0 Å². The number of rotatable bonds is 4. The van der Waals surface area contributed by atoms with Gasteiger partial charge in [-0.1, -0.05) is 47.2 Å². The zero-order valence-corrected chi connectivity index (χ0v) is 18.4. The van der Waals surface area contributed by atoms with Gasteiger partial charge >= 0.3 is 6.18 Å². The molecule has 0 bridgehead atoms. The number of nitrogens with zero attached hydrogens (tertiary/aromatic N) is 2. The highest BCUT2D eigenvalue weighted by Crippen LogP contribution is 2.41. The number of benzene rings is 2. The van der Waals surface area contributed by atoms with E-state index >= 15 is 0 Å². The first-order valence-electron chi connectivity index (χ1n) is 9.31. The van der Waals surface area contributed by atoms with Gasteiger partial charge in [-0.25, -0.2) is 4.98 Å². The van der Waals surface area contributed by atoms with Crippen LogP contribution in [-0.2, 0) is 12.7 Å². The van der Waals surface area contributed by atoms with Gasteiger partial charge in [-0.15, -0.1) is 11.3 Å². The van der Waals surface area contributed by atoms with Crippen LogP contribution in [-0.4, -0.2) is 10.9 Å². The van der Waals surface area contributed by atoms with Crippen LogP contribution in [0.25, 0.3) is 20.3 Å². The van der Waals surface area contributed by atoms with Gasteiger partial charge in [-0.3, -0.25) is 9.69 Å². The van der Waals surface area contributed by atoms with Gasteiger partial charge in [-0.05, 0) is 30.3 Å². The summed E-state index contributed by atoms with van der Waals surface area (Å²) in [6, 6.07) is 14.5. The topological polar surface area (TPSA) is 46.3 Å². The van der Waals surface area contributed by atoms with Crippen molar-refractivity contribution in [3.05, 3.63) is 82.1 Å². The lowest BCUT2D eigenvalue weighted by atomic mass is 10.2. The zero-order valence-electron chi connectivity index (χ0n) is 16.0. The van der Waals surface area contributed by atoms with Crippen molar-refractivity contribution in [2.45, 2.75) is 12.7 Å². The van der Waals surface area contributed by atoms with Crippen molar-refractivity contribution in [1.82, 2.24) is 4.98 Å². The van der Waals surface area contributed by atoms with E-state index in [1.165, 1.54) is 28.6 Å². The third-order valence-electron chi connectivity index (χ3n) is 4.81. The van der Waals surface area contributed by atoms with Crippen LogP contribution >= 0.6 is 34.3 Å². The lowest BCUT2D eigenvalue weighted by Gasteiger charge is -2.18. The molecule has 0 saturated carbocycles. The largest absolute Gasteiger partial charge is 0.467 e. The van der Waals surface area contributed by atoms with E-state index in [9.17, 15) is 18.0 Å². The standard InChI is InChI=1S/C22H12ClF3N2O2S2/c23-17-13-6-1-2-8-15(13)31-19(17)20(29)28(11-12-5-4-10-30-12)21-27-18-14(22(24,25)26)7-3-9-16(18)32-21/h1-10H,11H2. The summed E-state index contributed by atoms with van der Waals surface area (Å²) in [4.78, 5) is 19.4. The number of thiazole rings is 1. The van der Waals surface area contributed by atoms with Gasteiger partial charge in [0, 0.05) is 10.1 Å². The van der Waals surface area contributed by atoms with Gasteiger partial charge in [0.25, 0.3) is 5.91 Å². The number of amides is 1. The van der Waals surface area contributed by atoms with Gasteiger partial charge in [0.2, 0.25) is 0 Å². The van der Waals surface area contributed by atoms with E-state index in [4.69, 9.17) is 16.0 Å². The van der Waals surface area contributed by atoms with E-state index in [0.29, 0.717) is 15.5 Å². The van der Waals surface area contributed by atoms with Crippen LogP contribution < -0.4 is 4.90 Å². The number of hydrogen-bond acceptors (Lipinski definition) is 5. The molecule has 0 N–H and O–H groups in total. The molecule has 0 aliphatic carbocycles. The Balaban J connectivity index is 1.64. The molecular weight excluding hydrogens is 481 g/mol. The Kier molecular flexibility index (Phi) is 5.19. The quantitative estimate of drug-likeness (QED) is 0.259. The fourth-order valence-electron chi connectivity index (χ4n) is 3.34. The number of aromatic nitrogens is 1. The van der Waals surface area contributed by atoms with Crippen molar-refractivity contribution < 1.29 is 22.4 Å². The fraction of sp³-hybridized carbons (Fsp3) is 0.0909. The summed E-state index contributed by atoms with van der Waals surface area (Å²) in [5.74, 6) is 0.00565. The number of carbonyl (C=O) groups excluding carboxylic acids is 1. The van der Waals surface area contributed by atoms with Gasteiger partial charge in [0.15, 0.2) is 5.13 Å². The van der Waals surface area contributed by atoms with Crippen LogP contribution in [0.2, 0.25) is 5.02 Å². The molecule has 4 nitrogen and oxygen atoms in total. The lowest BCUT2D eigenvalue weighted by molar-refractivity contribution is -0.136. The minimum Gasteiger partial charge on any atom is -0.467 e. The fourth-order valence-corrected chi connectivity index (χ4v) is 5.79. The molecule has 10 heteroatoms. The second-order valence-electron chi connectivity index (χ2n) is 6.86. The Labute approximate surface area is 192 Å². The van der Waals surface area contributed by atoms with Crippen LogP contribution in [0.1, 0.15) is 21.0 Å². The molecule has 2 aromatic carbocycles. The van der Waals surface area contributed by atoms with Crippen molar-refractivity contribution in [2.75, 3.05) is 4.90 Å². The molecule has 0 aliphatic rings. The molecule has 0 fully saturated rings. The van der Waals surface area contributed by atoms with Crippen molar-refractivity contribution >= 4 is 65.6 Å². The zero-order chi connectivity index (χ0) is 22.5. The molecule has 0 saturated heterocycles. The Hall–Kier alpha value is -2.88. The summed E-state index contributed by atoms with van der Waals surface area (Å²) in [6.45, 7) is -0.00240. The number of carbonyl (C=O) groups is 1. The van der Waals surface area contributed by atoms with E-state index in [1.54, 1.807) is 18.2 Å². The summed E-state index contributed by atoms with van der Waals surface area (Å²) in [5, 5.41) is 1.17. The van der Waals surface area contributed by atoms with Crippen LogP contribution in [0.4, 0.5) is 18.3 Å². The number of halogens is 4. The Bertz CT molecular complexity index is 1440. The van der Waals surface area contributed by atoms with Crippen molar-refractivity contribution in [2.24, 2.45) is 0 Å². The number of alkyl halides is 3. The Morgan fingerprint density at radius 2 is 1.81 bits per heavy atom. The minimum absolute atomic E-state index is 0.00240. The first kappa shape index (κ1) is 21.0. The summed E-state index contributed by atoms with van der Waals surface area (Å²) < 4.78 is 47.0. The number of anilines is 1. The first-order valence-corrected chi connectivity index (χ1v) is 11.3.